The Morgan fingerprint density at radius 3 is 2.70 bits per heavy atom. The van der Waals surface area contributed by atoms with E-state index in [9.17, 15) is 4.79 Å². The first-order valence-corrected chi connectivity index (χ1v) is 8.50. The number of likely N-dealkylation sites (tertiary alicyclic amines) is 1. The van der Waals surface area contributed by atoms with E-state index in [-0.39, 0.29) is 11.2 Å². The first-order valence-electron chi connectivity index (χ1n) is 7.62. The van der Waals surface area contributed by atoms with Gasteiger partial charge in [-0.2, -0.15) is 0 Å². The number of aromatic nitrogens is 3. The van der Waals surface area contributed by atoms with Crippen LogP contribution < -0.4 is 0 Å². The van der Waals surface area contributed by atoms with Gasteiger partial charge in [0.2, 0.25) is 11.1 Å². The summed E-state index contributed by atoms with van der Waals surface area (Å²) in [6.45, 7) is 3.77. The second kappa shape index (κ2) is 6.16. The summed E-state index contributed by atoms with van der Waals surface area (Å²) in [4.78, 5) is 18.8. The van der Waals surface area contributed by atoms with Crippen LogP contribution in [0.2, 0.25) is 0 Å². The molecule has 2 heterocycles. The number of carbonyl (C=O) groups is 1. The molecular weight excluding hydrogens is 272 g/mol. The third-order valence-electron chi connectivity index (χ3n) is 4.27. The summed E-state index contributed by atoms with van der Waals surface area (Å²) in [6.07, 6.45) is 7.27. The molecule has 1 amide bonds. The number of nitrogens with zero attached hydrogens (tertiary/aromatic N) is 3. The summed E-state index contributed by atoms with van der Waals surface area (Å²) in [6, 6.07) is 0. The van der Waals surface area contributed by atoms with Crippen molar-refractivity contribution in [2.75, 3.05) is 13.1 Å². The zero-order valence-electron chi connectivity index (χ0n) is 12.0. The molecule has 5 nitrogen and oxygen atoms in total. The first kappa shape index (κ1) is 13.9. The maximum Gasteiger partial charge on any atom is 0.235 e. The maximum atomic E-state index is 12.3. The van der Waals surface area contributed by atoms with E-state index >= 15 is 0 Å². The molecule has 1 saturated carbocycles. The van der Waals surface area contributed by atoms with Crippen LogP contribution in [0.4, 0.5) is 0 Å². The SMILES string of the molecule is CC(Sc1n[nH]c(C2CCCC2)n1)C(=O)N1CCCC1. The minimum Gasteiger partial charge on any atom is -0.342 e. The number of hydrogen-bond acceptors (Lipinski definition) is 4. The van der Waals surface area contributed by atoms with Crippen molar-refractivity contribution >= 4 is 17.7 Å². The van der Waals surface area contributed by atoms with Crippen LogP contribution in [0.15, 0.2) is 5.16 Å². The summed E-state index contributed by atoms with van der Waals surface area (Å²) in [5.41, 5.74) is 0. The number of thioether (sulfide) groups is 1. The summed E-state index contributed by atoms with van der Waals surface area (Å²) in [5.74, 6) is 1.77. The van der Waals surface area contributed by atoms with Gasteiger partial charge in [0, 0.05) is 19.0 Å². The highest BCUT2D eigenvalue weighted by Gasteiger charge is 2.26. The van der Waals surface area contributed by atoms with Crippen molar-refractivity contribution < 1.29 is 4.79 Å². The number of hydrogen-bond donors (Lipinski definition) is 1. The molecule has 110 valence electrons. The van der Waals surface area contributed by atoms with Crippen molar-refractivity contribution in [1.82, 2.24) is 20.1 Å². The van der Waals surface area contributed by atoms with Gasteiger partial charge in [-0.3, -0.25) is 9.89 Å². The summed E-state index contributed by atoms with van der Waals surface area (Å²) >= 11 is 1.47. The Morgan fingerprint density at radius 1 is 1.30 bits per heavy atom. The molecule has 1 unspecified atom stereocenters. The monoisotopic (exact) mass is 294 g/mol. The highest BCUT2D eigenvalue weighted by atomic mass is 32.2. The van der Waals surface area contributed by atoms with Crippen molar-refractivity contribution in [2.24, 2.45) is 0 Å². The van der Waals surface area contributed by atoms with E-state index < -0.39 is 0 Å². The van der Waals surface area contributed by atoms with Gasteiger partial charge in [0.05, 0.1) is 5.25 Å². The molecule has 0 spiro atoms. The number of H-pyrrole nitrogens is 1. The van der Waals surface area contributed by atoms with Gasteiger partial charge < -0.3 is 4.90 Å². The fourth-order valence-corrected chi connectivity index (χ4v) is 3.91. The Labute approximate surface area is 123 Å². The number of carbonyl (C=O) groups excluding carboxylic acids is 1. The molecule has 0 radical (unpaired) electrons. The fraction of sp³-hybridized carbons (Fsp3) is 0.786. The highest BCUT2D eigenvalue weighted by molar-refractivity contribution is 8.00. The Balaban J connectivity index is 1.58. The van der Waals surface area contributed by atoms with Crippen LogP contribution in [0.3, 0.4) is 0 Å². The Bertz CT molecular complexity index is 463. The molecule has 1 aliphatic carbocycles. The summed E-state index contributed by atoms with van der Waals surface area (Å²) < 4.78 is 0. The second-order valence-electron chi connectivity index (χ2n) is 5.78. The highest BCUT2D eigenvalue weighted by Crippen LogP contribution is 2.33. The lowest BCUT2D eigenvalue weighted by molar-refractivity contribution is -0.129. The molecule has 6 heteroatoms. The minimum atomic E-state index is -0.0969. The van der Waals surface area contributed by atoms with Crippen LogP contribution in [0.1, 0.15) is 57.2 Å². The standard InChI is InChI=1S/C14H22N4OS/c1-10(13(19)18-8-4-5-9-18)20-14-15-12(16-17-14)11-6-2-3-7-11/h10-11H,2-9H2,1H3,(H,15,16,17). The first-order chi connectivity index (χ1) is 9.74. The lowest BCUT2D eigenvalue weighted by Crippen LogP contribution is -2.34. The zero-order chi connectivity index (χ0) is 13.9. The van der Waals surface area contributed by atoms with Crippen molar-refractivity contribution in [3.05, 3.63) is 5.82 Å². The molecule has 1 aliphatic heterocycles. The molecular formula is C14H22N4OS. The third-order valence-corrected chi connectivity index (χ3v) is 5.22. The molecule has 0 bridgehead atoms. The Kier molecular flexibility index (Phi) is 4.29. The number of rotatable bonds is 4. The van der Waals surface area contributed by atoms with E-state index in [1.165, 1.54) is 37.4 Å². The lowest BCUT2D eigenvalue weighted by atomic mass is 10.1. The number of nitrogens with one attached hydrogen (secondary N) is 1. The Morgan fingerprint density at radius 2 is 2.00 bits per heavy atom. The van der Waals surface area contributed by atoms with Crippen LogP contribution in [0.5, 0.6) is 0 Å². The molecule has 1 aromatic heterocycles. The van der Waals surface area contributed by atoms with Crippen LogP contribution in [-0.2, 0) is 4.79 Å². The average molecular weight is 294 g/mol. The van der Waals surface area contributed by atoms with E-state index in [0.29, 0.717) is 11.1 Å². The van der Waals surface area contributed by atoms with Crippen LogP contribution in [-0.4, -0.2) is 44.3 Å². The van der Waals surface area contributed by atoms with E-state index in [1.54, 1.807) is 0 Å². The largest absolute Gasteiger partial charge is 0.342 e. The summed E-state index contributed by atoms with van der Waals surface area (Å²) in [7, 11) is 0. The van der Waals surface area contributed by atoms with Gasteiger partial charge in [-0.1, -0.05) is 24.6 Å². The van der Waals surface area contributed by atoms with Gasteiger partial charge in [-0.25, -0.2) is 4.98 Å². The van der Waals surface area contributed by atoms with Crippen LogP contribution >= 0.6 is 11.8 Å². The molecule has 1 N–H and O–H groups in total. The van der Waals surface area contributed by atoms with Gasteiger partial charge in [0.15, 0.2) is 0 Å². The number of amides is 1. The molecule has 1 saturated heterocycles. The second-order valence-corrected chi connectivity index (χ2v) is 7.09. The van der Waals surface area contributed by atoms with Crippen molar-refractivity contribution in [1.29, 1.82) is 0 Å². The molecule has 3 rings (SSSR count). The molecule has 1 atom stereocenters. The van der Waals surface area contributed by atoms with E-state index in [1.807, 2.05) is 11.8 Å². The zero-order valence-corrected chi connectivity index (χ0v) is 12.8. The molecule has 2 fully saturated rings. The third kappa shape index (κ3) is 3.00. The predicted octanol–water partition coefficient (Wildman–Crippen LogP) is 2.57. The molecule has 0 aromatic carbocycles. The topological polar surface area (TPSA) is 61.9 Å². The predicted molar refractivity (Wildman–Crippen MR) is 78.7 cm³/mol. The van der Waals surface area contributed by atoms with Crippen LogP contribution in [0, 0.1) is 0 Å². The van der Waals surface area contributed by atoms with E-state index in [4.69, 9.17) is 0 Å². The van der Waals surface area contributed by atoms with Crippen molar-refractivity contribution in [2.45, 2.75) is 61.8 Å². The van der Waals surface area contributed by atoms with Crippen molar-refractivity contribution in [3.63, 3.8) is 0 Å². The van der Waals surface area contributed by atoms with Gasteiger partial charge >= 0.3 is 0 Å². The number of aromatic amines is 1. The minimum absolute atomic E-state index is 0.0969. The smallest absolute Gasteiger partial charge is 0.235 e. The summed E-state index contributed by atoms with van der Waals surface area (Å²) in [5, 5.41) is 7.94. The normalized spacial score (nSPS) is 21.6. The maximum absolute atomic E-state index is 12.3. The van der Waals surface area contributed by atoms with Gasteiger partial charge in [0.25, 0.3) is 0 Å². The Hall–Kier alpha value is -1.04. The van der Waals surface area contributed by atoms with E-state index in [2.05, 4.69) is 15.2 Å². The van der Waals surface area contributed by atoms with Crippen LogP contribution in [0.25, 0.3) is 0 Å². The lowest BCUT2D eigenvalue weighted by Gasteiger charge is -2.18. The van der Waals surface area contributed by atoms with Crippen molar-refractivity contribution in [3.8, 4) is 0 Å². The van der Waals surface area contributed by atoms with Gasteiger partial charge in [0.1, 0.15) is 5.82 Å². The molecule has 1 aromatic rings. The van der Waals surface area contributed by atoms with Gasteiger partial charge in [-0.05, 0) is 32.6 Å². The van der Waals surface area contributed by atoms with E-state index in [0.717, 1.165) is 31.8 Å². The fourth-order valence-electron chi connectivity index (χ4n) is 3.10. The quantitative estimate of drug-likeness (QED) is 0.867. The molecule has 2 aliphatic rings. The van der Waals surface area contributed by atoms with Gasteiger partial charge in [-0.15, -0.1) is 5.10 Å². The average Bonchev–Trinajstić information content (AvgIpc) is 3.19. The molecule has 20 heavy (non-hydrogen) atoms.